The fraction of sp³-hybridized carbons (Fsp3) is 0.368. The van der Waals surface area contributed by atoms with E-state index < -0.39 is 11.7 Å². The molecule has 3 rings (SSSR count). The van der Waals surface area contributed by atoms with E-state index in [1.54, 1.807) is 12.0 Å². The lowest BCUT2D eigenvalue weighted by Crippen LogP contribution is -2.59. The van der Waals surface area contributed by atoms with Crippen molar-refractivity contribution in [2.24, 2.45) is 0 Å². The second kappa shape index (κ2) is 7.85. The van der Waals surface area contributed by atoms with E-state index in [-0.39, 0.29) is 17.8 Å². The van der Waals surface area contributed by atoms with Crippen LogP contribution in [-0.2, 0) is 17.4 Å². The van der Waals surface area contributed by atoms with Gasteiger partial charge in [0.1, 0.15) is 11.6 Å². The molecule has 0 atom stereocenters. The van der Waals surface area contributed by atoms with Gasteiger partial charge in [-0.25, -0.2) is 4.98 Å². The number of anilines is 1. The number of nitrogens with one attached hydrogen (secondary N) is 1. The van der Waals surface area contributed by atoms with Gasteiger partial charge >= 0.3 is 6.18 Å². The van der Waals surface area contributed by atoms with Crippen LogP contribution in [0.2, 0.25) is 0 Å². The van der Waals surface area contributed by atoms with Crippen LogP contribution in [0.3, 0.4) is 0 Å². The van der Waals surface area contributed by atoms with E-state index in [2.05, 4.69) is 10.3 Å². The van der Waals surface area contributed by atoms with Crippen molar-refractivity contribution in [1.29, 1.82) is 0 Å². The average Bonchev–Trinajstić information content (AvgIpc) is 2.62. The molecule has 1 aromatic carbocycles. The molecule has 1 N–H and O–H groups in total. The van der Waals surface area contributed by atoms with Gasteiger partial charge in [0.15, 0.2) is 0 Å². The third-order valence-corrected chi connectivity index (χ3v) is 4.44. The number of ether oxygens (including phenoxy) is 1. The van der Waals surface area contributed by atoms with Crippen LogP contribution in [0.1, 0.15) is 17.5 Å². The van der Waals surface area contributed by atoms with Crippen LogP contribution in [0.25, 0.3) is 0 Å². The average molecular weight is 379 g/mol. The molecule has 0 saturated carbocycles. The van der Waals surface area contributed by atoms with Crippen molar-refractivity contribution >= 4 is 11.7 Å². The predicted octanol–water partition coefficient (Wildman–Crippen LogP) is 3.05. The van der Waals surface area contributed by atoms with Gasteiger partial charge in [-0.3, -0.25) is 4.79 Å². The number of alkyl halides is 3. The Morgan fingerprint density at radius 2 is 1.96 bits per heavy atom. The Hall–Kier alpha value is -2.77. The summed E-state index contributed by atoms with van der Waals surface area (Å²) in [5.41, 5.74) is 0.314. The summed E-state index contributed by atoms with van der Waals surface area (Å²) < 4.78 is 43.4. The van der Waals surface area contributed by atoms with Crippen LogP contribution in [0, 0.1) is 0 Å². The molecule has 1 aliphatic rings. The number of benzene rings is 1. The number of rotatable bonds is 6. The minimum atomic E-state index is -4.39. The first-order valence-corrected chi connectivity index (χ1v) is 8.55. The largest absolute Gasteiger partial charge is 0.497 e. The molecule has 1 aliphatic heterocycles. The van der Waals surface area contributed by atoms with Crippen molar-refractivity contribution in [1.82, 2.24) is 10.3 Å². The second-order valence-electron chi connectivity index (χ2n) is 6.42. The first kappa shape index (κ1) is 19.0. The Morgan fingerprint density at radius 3 is 2.59 bits per heavy atom. The molecule has 5 nitrogen and oxygen atoms in total. The molecule has 27 heavy (non-hydrogen) atoms. The van der Waals surface area contributed by atoms with E-state index in [1.165, 1.54) is 0 Å². The molecule has 0 unspecified atom stereocenters. The van der Waals surface area contributed by atoms with Crippen molar-refractivity contribution in [2.75, 3.05) is 25.1 Å². The highest BCUT2D eigenvalue weighted by Gasteiger charge is 2.33. The van der Waals surface area contributed by atoms with Gasteiger partial charge in [-0.2, -0.15) is 13.2 Å². The number of aryl methyl sites for hydroxylation is 1. The summed E-state index contributed by atoms with van der Waals surface area (Å²) in [6, 6.07) is 9.42. The number of pyridine rings is 1. The van der Waals surface area contributed by atoms with Gasteiger partial charge in [-0.05, 0) is 36.2 Å². The Bertz CT molecular complexity index is 788. The summed E-state index contributed by atoms with van der Waals surface area (Å²) in [5, 5.41) is 2.90. The molecule has 0 aliphatic carbocycles. The van der Waals surface area contributed by atoms with Crippen molar-refractivity contribution < 1.29 is 22.7 Å². The quantitative estimate of drug-likeness (QED) is 0.838. The summed E-state index contributed by atoms with van der Waals surface area (Å²) in [6.07, 6.45) is -2.28. The fourth-order valence-corrected chi connectivity index (χ4v) is 2.87. The number of hydrogen-bond donors (Lipinski definition) is 1. The maximum Gasteiger partial charge on any atom is 0.416 e. The van der Waals surface area contributed by atoms with Gasteiger partial charge in [0.05, 0.1) is 18.7 Å². The molecule has 1 aromatic heterocycles. The number of nitrogens with zero attached hydrogens (tertiary/aromatic N) is 2. The molecule has 1 amide bonds. The fourth-order valence-electron chi connectivity index (χ4n) is 2.87. The van der Waals surface area contributed by atoms with Gasteiger partial charge in [0, 0.05) is 25.7 Å². The summed E-state index contributed by atoms with van der Waals surface area (Å²) in [6.45, 7) is 0.894. The molecule has 8 heteroatoms. The zero-order valence-corrected chi connectivity index (χ0v) is 14.8. The van der Waals surface area contributed by atoms with Crippen LogP contribution in [0.4, 0.5) is 19.0 Å². The first-order chi connectivity index (χ1) is 12.8. The van der Waals surface area contributed by atoms with E-state index in [0.717, 1.165) is 29.6 Å². The number of carbonyl (C=O) groups is 1. The SMILES string of the molecule is COc1ccc(CCC(=O)NC2CN(c3cc(C(F)(F)F)ccn3)C2)cc1. The Kier molecular flexibility index (Phi) is 5.53. The molecule has 144 valence electrons. The highest BCUT2D eigenvalue weighted by molar-refractivity contribution is 5.77. The van der Waals surface area contributed by atoms with Gasteiger partial charge in [0.25, 0.3) is 0 Å². The number of amides is 1. The standard InChI is InChI=1S/C19H20F3N3O2/c1-27-16-5-2-13(3-6-16)4-7-18(26)24-15-11-25(12-15)17-10-14(8-9-23-17)19(20,21)22/h2-3,5-6,8-10,15H,4,7,11-12H2,1H3,(H,24,26). The van der Waals surface area contributed by atoms with E-state index in [9.17, 15) is 18.0 Å². The Labute approximate surface area is 155 Å². The minimum absolute atomic E-state index is 0.0764. The highest BCUT2D eigenvalue weighted by Crippen LogP contribution is 2.31. The molecule has 2 heterocycles. The maximum absolute atomic E-state index is 12.8. The predicted molar refractivity (Wildman–Crippen MR) is 94.7 cm³/mol. The Balaban J connectivity index is 1.44. The number of halogens is 3. The number of hydrogen-bond acceptors (Lipinski definition) is 4. The molecular formula is C19H20F3N3O2. The highest BCUT2D eigenvalue weighted by atomic mass is 19.4. The van der Waals surface area contributed by atoms with Crippen molar-refractivity contribution in [2.45, 2.75) is 25.1 Å². The topological polar surface area (TPSA) is 54.5 Å². The lowest BCUT2D eigenvalue weighted by Gasteiger charge is -2.40. The number of aromatic nitrogens is 1. The number of carbonyl (C=O) groups excluding carboxylic acids is 1. The van der Waals surface area contributed by atoms with Gasteiger partial charge in [-0.15, -0.1) is 0 Å². The third-order valence-electron chi connectivity index (χ3n) is 4.44. The monoisotopic (exact) mass is 379 g/mol. The van der Waals surface area contributed by atoms with Crippen LogP contribution in [0.15, 0.2) is 42.6 Å². The normalized spacial score (nSPS) is 14.6. The van der Waals surface area contributed by atoms with Gasteiger partial charge in [0.2, 0.25) is 5.91 Å². The summed E-state index contributed by atoms with van der Waals surface area (Å²) in [4.78, 5) is 17.7. The van der Waals surface area contributed by atoms with Crippen molar-refractivity contribution in [3.8, 4) is 5.75 Å². The van der Waals surface area contributed by atoms with Gasteiger partial charge in [-0.1, -0.05) is 12.1 Å². The molecular weight excluding hydrogens is 359 g/mol. The Morgan fingerprint density at radius 1 is 1.26 bits per heavy atom. The second-order valence-corrected chi connectivity index (χ2v) is 6.42. The lowest BCUT2D eigenvalue weighted by molar-refractivity contribution is -0.137. The summed E-state index contributed by atoms with van der Waals surface area (Å²) >= 11 is 0. The molecule has 1 fully saturated rings. The summed E-state index contributed by atoms with van der Waals surface area (Å²) in [5.74, 6) is 0.960. The zero-order valence-electron chi connectivity index (χ0n) is 14.8. The summed E-state index contributed by atoms with van der Waals surface area (Å²) in [7, 11) is 1.60. The van der Waals surface area contributed by atoms with Crippen LogP contribution < -0.4 is 15.0 Å². The zero-order chi connectivity index (χ0) is 19.4. The molecule has 0 radical (unpaired) electrons. The maximum atomic E-state index is 12.8. The van der Waals surface area contributed by atoms with Crippen LogP contribution >= 0.6 is 0 Å². The number of methoxy groups -OCH3 is 1. The van der Waals surface area contributed by atoms with E-state index >= 15 is 0 Å². The van der Waals surface area contributed by atoms with Crippen LogP contribution in [-0.4, -0.2) is 37.1 Å². The smallest absolute Gasteiger partial charge is 0.416 e. The third kappa shape index (κ3) is 4.90. The van der Waals surface area contributed by atoms with Crippen LogP contribution in [0.5, 0.6) is 5.75 Å². The molecule has 2 aromatic rings. The molecule has 1 saturated heterocycles. The minimum Gasteiger partial charge on any atom is -0.497 e. The molecule has 0 bridgehead atoms. The van der Waals surface area contributed by atoms with E-state index in [1.807, 2.05) is 24.3 Å². The van der Waals surface area contributed by atoms with E-state index in [0.29, 0.717) is 25.9 Å². The van der Waals surface area contributed by atoms with E-state index in [4.69, 9.17) is 4.74 Å². The first-order valence-electron chi connectivity index (χ1n) is 8.55. The molecule has 0 spiro atoms. The van der Waals surface area contributed by atoms with Crippen molar-refractivity contribution in [3.05, 3.63) is 53.7 Å². The van der Waals surface area contributed by atoms with Crippen molar-refractivity contribution in [3.63, 3.8) is 0 Å². The lowest BCUT2D eigenvalue weighted by atomic mass is 10.1. The van der Waals surface area contributed by atoms with Gasteiger partial charge < -0.3 is 15.0 Å².